The molecule has 2 unspecified atom stereocenters. The Morgan fingerprint density at radius 3 is 2.50 bits per heavy atom. The van der Waals surface area contributed by atoms with E-state index in [0.717, 1.165) is 6.42 Å². The van der Waals surface area contributed by atoms with Crippen LogP contribution < -0.4 is 5.73 Å². The molecule has 2 nitrogen and oxygen atoms in total. The Balaban J connectivity index is 2.99. The predicted octanol–water partition coefficient (Wildman–Crippen LogP) is 3.03. The van der Waals surface area contributed by atoms with Gasteiger partial charge in [-0.3, -0.25) is 0 Å². The zero-order valence-electron chi connectivity index (χ0n) is 10.2. The molecule has 16 heavy (non-hydrogen) atoms. The first-order valence-electron chi connectivity index (χ1n) is 5.69. The van der Waals surface area contributed by atoms with E-state index in [-0.39, 0.29) is 5.82 Å². The van der Waals surface area contributed by atoms with Gasteiger partial charge >= 0.3 is 0 Å². The van der Waals surface area contributed by atoms with Crippen molar-refractivity contribution in [3.8, 4) is 0 Å². The van der Waals surface area contributed by atoms with E-state index in [4.69, 9.17) is 10.5 Å². The maximum atomic E-state index is 13.6. The Bertz CT molecular complexity index is 342. The van der Waals surface area contributed by atoms with Gasteiger partial charge in [0, 0.05) is 12.2 Å². The average Bonchev–Trinajstić information content (AvgIpc) is 2.29. The molecular weight excluding hydrogens is 205 g/mol. The first-order chi connectivity index (χ1) is 7.55. The van der Waals surface area contributed by atoms with Crippen molar-refractivity contribution >= 4 is 0 Å². The number of halogens is 1. The highest BCUT2D eigenvalue weighted by atomic mass is 19.1. The van der Waals surface area contributed by atoms with Gasteiger partial charge in [-0.25, -0.2) is 4.39 Å². The molecule has 3 heteroatoms. The number of hydrogen-bond acceptors (Lipinski definition) is 2. The second-order valence-corrected chi connectivity index (χ2v) is 4.10. The SMILES string of the molecule is CCOC(C)(CC)C(N)c1ccccc1F. The maximum absolute atomic E-state index is 13.6. The van der Waals surface area contributed by atoms with Crippen LogP contribution in [0.3, 0.4) is 0 Å². The zero-order chi connectivity index (χ0) is 12.2. The van der Waals surface area contributed by atoms with Crippen molar-refractivity contribution in [1.82, 2.24) is 0 Å². The topological polar surface area (TPSA) is 35.2 Å². The van der Waals surface area contributed by atoms with Gasteiger partial charge in [0.25, 0.3) is 0 Å². The zero-order valence-corrected chi connectivity index (χ0v) is 10.2. The third-order valence-corrected chi connectivity index (χ3v) is 3.07. The minimum atomic E-state index is -0.517. The first-order valence-corrected chi connectivity index (χ1v) is 5.69. The van der Waals surface area contributed by atoms with Gasteiger partial charge in [-0.1, -0.05) is 25.1 Å². The number of benzene rings is 1. The summed E-state index contributed by atoms with van der Waals surface area (Å²) in [5, 5.41) is 0. The molecule has 0 spiro atoms. The molecule has 0 aromatic heterocycles. The van der Waals surface area contributed by atoms with Crippen LogP contribution in [0.15, 0.2) is 24.3 Å². The molecule has 0 aliphatic carbocycles. The summed E-state index contributed by atoms with van der Waals surface area (Å²) in [7, 11) is 0. The van der Waals surface area contributed by atoms with E-state index in [1.54, 1.807) is 18.2 Å². The molecule has 0 amide bonds. The lowest BCUT2D eigenvalue weighted by Crippen LogP contribution is -2.41. The summed E-state index contributed by atoms with van der Waals surface area (Å²) in [5.74, 6) is -0.269. The lowest BCUT2D eigenvalue weighted by atomic mass is 9.88. The Morgan fingerprint density at radius 2 is 2.00 bits per heavy atom. The quantitative estimate of drug-likeness (QED) is 0.836. The molecule has 0 fully saturated rings. The number of nitrogens with two attached hydrogens (primary N) is 1. The Labute approximate surface area is 96.6 Å². The van der Waals surface area contributed by atoms with E-state index in [1.165, 1.54) is 6.07 Å². The van der Waals surface area contributed by atoms with Crippen molar-refractivity contribution in [2.75, 3.05) is 6.61 Å². The van der Waals surface area contributed by atoms with E-state index < -0.39 is 11.6 Å². The molecule has 2 atom stereocenters. The Kier molecular flexibility index (Phi) is 4.44. The summed E-state index contributed by atoms with van der Waals surface area (Å²) in [6.45, 7) is 6.42. The molecular formula is C13H20FNO. The fraction of sp³-hybridized carbons (Fsp3) is 0.538. The highest BCUT2D eigenvalue weighted by Gasteiger charge is 2.32. The van der Waals surface area contributed by atoms with Crippen molar-refractivity contribution in [1.29, 1.82) is 0 Å². The molecule has 1 aromatic rings. The molecule has 90 valence electrons. The lowest BCUT2D eigenvalue weighted by Gasteiger charge is -2.34. The molecule has 0 saturated heterocycles. The minimum absolute atomic E-state index is 0.269. The maximum Gasteiger partial charge on any atom is 0.128 e. The van der Waals surface area contributed by atoms with Crippen molar-refractivity contribution in [3.05, 3.63) is 35.6 Å². The van der Waals surface area contributed by atoms with Crippen LogP contribution in [-0.2, 0) is 4.74 Å². The van der Waals surface area contributed by atoms with Crippen LogP contribution in [0.1, 0.15) is 38.8 Å². The lowest BCUT2D eigenvalue weighted by molar-refractivity contribution is -0.0479. The standard InChI is InChI=1S/C13H20FNO/c1-4-13(3,16-5-2)12(15)10-8-6-7-9-11(10)14/h6-9,12H,4-5,15H2,1-3H3. The molecule has 0 saturated carbocycles. The summed E-state index contributed by atoms with van der Waals surface area (Å²) in [5.41, 5.74) is 6.10. The third-order valence-electron chi connectivity index (χ3n) is 3.07. The molecule has 0 bridgehead atoms. The van der Waals surface area contributed by atoms with E-state index in [0.29, 0.717) is 12.2 Å². The van der Waals surface area contributed by atoms with E-state index in [1.807, 2.05) is 20.8 Å². The van der Waals surface area contributed by atoms with Crippen molar-refractivity contribution < 1.29 is 9.13 Å². The van der Waals surface area contributed by atoms with E-state index in [9.17, 15) is 4.39 Å². The summed E-state index contributed by atoms with van der Waals surface area (Å²) in [6, 6.07) is 6.15. The van der Waals surface area contributed by atoms with Crippen LogP contribution in [0, 0.1) is 5.82 Å². The first kappa shape index (κ1) is 13.1. The molecule has 1 rings (SSSR count). The van der Waals surface area contributed by atoms with E-state index >= 15 is 0 Å². The van der Waals surface area contributed by atoms with Crippen molar-refractivity contribution in [3.63, 3.8) is 0 Å². The molecule has 1 aromatic carbocycles. The normalized spacial score (nSPS) is 16.8. The van der Waals surface area contributed by atoms with Gasteiger partial charge in [-0.2, -0.15) is 0 Å². The number of ether oxygens (including phenoxy) is 1. The predicted molar refractivity (Wildman–Crippen MR) is 63.7 cm³/mol. The van der Waals surface area contributed by atoms with Crippen LogP contribution >= 0.6 is 0 Å². The molecule has 0 radical (unpaired) electrons. The van der Waals surface area contributed by atoms with Crippen LogP contribution in [0.5, 0.6) is 0 Å². The van der Waals surface area contributed by atoms with Crippen molar-refractivity contribution in [2.45, 2.75) is 38.8 Å². The fourth-order valence-corrected chi connectivity index (χ4v) is 1.80. The molecule has 2 N–H and O–H groups in total. The van der Waals surface area contributed by atoms with Gasteiger partial charge in [0.1, 0.15) is 5.82 Å². The fourth-order valence-electron chi connectivity index (χ4n) is 1.80. The van der Waals surface area contributed by atoms with Gasteiger partial charge in [0.05, 0.1) is 11.6 Å². The second kappa shape index (κ2) is 5.41. The van der Waals surface area contributed by atoms with Crippen LogP contribution in [0.2, 0.25) is 0 Å². The van der Waals surface area contributed by atoms with Crippen LogP contribution in [0.4, 0.5) is 4.39 Å². The summed E-state index contributed by atoms with van der Waals surface area (Å²) < 4.78 is 19.3. The molecule has 0 aliphatic heterocycles. The highest BCUT2D eigenvalue weighted by molar-refractivity contribution is 5.23. The summed E-state index contributed by atoms with van der Waals surface area (Å²) in [4.78, 5) is 0. The summed E-state index contributed by atoms with van der Waals surface area (Å²) in [6.07, 6.45) is 0.746. The minimum Gasteiger partial charge on any atom is -0.374 e. The number of rotatable bonds is 5. The van der Waals surface area contributed by atoms with Crippen LogP contribution in [0.25, 0.3) is 0 Å². The van der Waals surface area contributed by atoms with Gasteiger partial charge < -0.3 is 10.5 Å². The van der Waals surface area contributed by atoms with Gasteiger partial charge in [-0.05, 0) is 26.3 Å². The Hall–Kier alpha value is -0.930. The van der Waals surface area contributed by atoms with Gasteiger partial charge in [0.2, 0.25) is 0 Å². The Morgan fingerprint density at radius 1 is 1.38 bits per heavy atom. The van der Waals surface area contributed by atoms with Crippen molar-refractivity contribution in [2.24, 2.45) is 5.73 Å². The third kappa shape index (κ3) is 2.60. The van der Waals surface area contributed by atoms with E-state index in [2.05, 4.69) is 0 Å². The molecule has 0 heterocycles. The molecule has 0 aliphatic rings. The van der Waals surface area contributed by atoms with Crippen LogP contribution in [-0.4, -0.2) is 12.2 Å². The smallest absolute Gasteiger partial charge is 0.128 e. The van der Waals surface area contributed by atoms with Gasteiger partial charge in [0.15, 0.2) is 0 Å². The number of hydrogen-bond donors (Lipinski definition) is 1. The monoisotopic (exact) mass is 225 g/mol. The average molecular weight is 225 g/mol. The summed E-state index contributed by atoms with van der Waals surface area (Å²) >= 11 is 0. The van der Waals surface area contributed by atoms with Gasteiger partial charge in [-0.15, -0.1) is 0 Å². The second-order valence-electron chi connectivity index (χ2n) is 4.10. The highest BCUT2D eigenvalue weighted by Crippen LogP contribution is 2.31. The largest absolute Gasteiger partial charge is 0.374 e.